The van der Waals surface area contributed by atoms with Gasteiger partial charge in [0.15, 0.2) is 0 Å². The maximum atomic E-state index is 12.5. The number of amides is 2. The maximum absolute atomic E-state index is 12.5. The predicted molar refractivity (Wildman–Crippen MR) is 114 cm³/mol. The van der Waals surface area contributed by atoms with Gasteiger partial charge in [-0.1, -0.05) is 36.9 Å². The van der Waals surface area contributed by atoms with Crippen molar-refractivity contribution in [2.75, 3.05) is 13.1 Å². The van der Waals surface area contributed by atoms with Gasteiger partial charge in [0.05, 0.1) is 5.41 Å². The number of piperidine rings is 1. The molecule has 1 aromatic heterocycles. The Hall–Kier alpha value is -2.95. The van der Waals surface area contributed by atoms with Crippen molar-refractivity contribution in [3.05, 3.63) is 77.6 Å². The molecule has 5 nitrogen and oxygen atoms in total. The third kappa shape index (κ3) is 4.91. The van der Waals surface area contributed by atoms with Crippen molar-refractivity contribution in [2.45, 2.75) is 39.0 Å². The number of hydrogen-bond acceptors (Lipinski definition) is 3. The number of benzene rings is 1. The SMILES string of the molecule is C=C(C)C(=O)N1CCC(Cc2ccccc2CCc2ccccn2)(C(N)=O)CC1. The minimum absolute atomic E-state index is 0.0427. The molecule has 1 aromatic carbocycles. The second kappa shape index (κ2) is 9.03. The van der Waals surface area contributed by atoms with Gasteiger partial charge < -0.3 is 10.6 Å². The largest absolute Gasteiger partial charge is 0.369 e. The summed E-state index contributed by atoms with van der Waals surface area (Å²) in [5.41, 5.74) is 9.21. The van der Waals surface area contributed by atoms with Crippen LogP contribution in [0, 0.1) is 5.41 Å². The van der Waals surface area contributed by atoms with Crippen LogP contribution in [0.1, 0.15) is 36.6 Å². The van der Waals surface area contributed by atoms with Crippen LogP contribution < -0.4 is 5.73 Å². The number of hydrogen-bond donors (Lipinski definition) is 1. The fraction of sp³-hybridized carbons (Fsp3) is 0.375. The molecule has 2 heterocycles. The number of carbonyl (C=O) groups excluding carboxylic acids is 2. The van der Waals surface area contributed by atoms with E-state index in [0.29, 0.717) is 37.9 Å². The van der Waals surface area contributed by atoms with E-state index in [-0.39, 0.29) is 11.8 Å². The van der Waals surface area contributed by atoms with Gasteiger partial charge in [0, 0.05) is 30.6 Å². The predicted octanol–water partition coefficient (Wildman–Crippen LogP) is 3.08. The molecule has 2 aromatic rings. The number of aromatic nitrogens is 1. The van der Waals surface area contributed by atoms with Crippen molar-refractivity contribution in [3.63, 3.8) is 0 Å². The molecule has 0 bridgehead atoms. The number of nitrogens with two attached hydrogens (primary N) is 1. The normalized spacial score (nSPS) is 15.7. The van der Waals surface area contributed by atoms with E-state index >= 15 is 0 Å². The van der Waals surface area contributed by atoms with Crippen LogP contribution >= 0.6 is 0 Å². The monoisotopic (exact) mass is 391 g/mol. The lowest BCUT2D eigenvalue weighted by Crippen LogP contribution is -2.50. The Morgan fingerprint density at radius 2 is 1.72 bits per heavy atom. The summed E-state index contributed by atoms with van der Waals surface area (Å²) in [4.78, 5) is 30.9. The highest BCUT2D eigenvalue weighted by Gasteiger charge is 2.41. The number of pyridine rings is 1. The summed E-state index contributed by atoms with van der Waals surface area (Å²) >= 11 is 0. The van der Waals surface area contributed by atoms with Gasteiger partial charge in [0.2, 0.25) is 11.8 Å². The van der Waals surface area contributed by atoms with Crippen LogP contribution in [0.3, 0.4) is 0 Å². The Morgan fingerprint density at radius 1 is 1.07 bits per heavy atom. The van der Waals surface area contributed by atoms with Gasteiger partial charge in [-0.3, -0.25) is 14.6 Å². The average molecular weight is 392 g/mol. The van der Waals surface area contributed by atoms with E-state index in [2.05, 4.69) is 23.7 Å². The van der Waals surface area contributed by atoms with E-state index in [1.165, 1.54) is 5.56 Å². The highest BCUT2D eigenvalue weighted by atomic mass is 16.2. The van der Waals surface area contributed by atoms with Crippen LogP contribution in [-0.4, -0.2) is 34.8 Å². The van der Waals surface area contributed by atoms with Gasteiger partial charge in [-0.05, 0) is 62.3 Å². The first-order valence-electron chi connectivity index (χ1n) is 10.1. The lowest BCUT2D eigenvalue weighted by atomic mass is 9.72. The van der Waals surface area contributed by atoms with Gasteiger partial charge in [-0.2, -0.15) is 0 Å². The van der Waals surface area contributed by atoms with E-state index in [0.717, 1.165) is 24.1 Å². The molecule has 5 heteroatoms. The summed E-state index contributed by atoms with van der Waals surface area (Å²) in [6.07, 6.45) is 5.29. The summed E-state index contributed by atoms with van der Waals surface area (Å²) < 4.78 is 0. The quantitative estimate of drug-likeness (QED) is 0.737. The number of carbonyl (C=O) groups is 2. The van der Waals surface area contributed by atoms with Crippen LogP contribution in [0.5, 0.6) is 0 Å². The zero-order chi connectivity index (χ0) is 20.9. The Morgan fingerprint density at radius 3 is 2.31 bits per heavy atom. The molecule has 29 heavy (non-hydrogen) atoms. The smallest absolute Gasteiger partial charge is 0.248 e. The summed E-state index contributed by atoms with van der Waals surface area (Å²) in [6, 6.07) is 14.2. The van der Waals surface area contributed by atoms with Gasteiger partial charge in [0.25, 0.3) is 0 Å². The lowest BCUT2D eigenvalue weighted by Gasteiger charge is -2.40. The molecular formula is C24H29N3O2. The zero-order valence-corrected chi connectivity index (χ0v) is 17.1. The van der Waals surface area contributed by atoms with Crippen molar-refractivity contribution in [1.29, 1.82) is 0 Å². The molecule has 2 N–H and O–H groups in total. The van der Waals surface area contributed by atoms with Crippen LogP contribution in [0.4, 0.5) is 0 Å². The third-order valence-electron chi connectivity index (χ3n) is 5.92. The van der Waals surface area contributed by atoms with Gasteiger partial charge in [-0.15, -0.1) is 0 Å². The molecule has 1 fully saturated rings. The summed E-state index contributed by atoms with van der Waals surface area (Å²) in [5, 5.41) is 0. The highest BCUT2D eigenvalue weighted by Crippen LogP contribution is 2.36. The summed E-state index contributed by atoms with van der Waals surface area (Å²) in [5.74, 6) is -0.321. The summed E-state index contributed by atoms with van der Waals surface area (Å²) in [6.45, 7) is 6.52. The highest BCUT2D eigenvalue weighted by molar-refractivity contribution is 5.92. The first-order chi connectivity index (χ1) is 13.9. The molecule has 0 spiro atoms. The first-order valence-corrected chi connectivity index (χ1v) is 10.1. The van der Waals surface area contributed by atoms with Gasteiger partial charge in [-0.25, -0.2) is 0 Å². The van der Waals surface area contributed by atoms with Crippen molar-refractivity contribution in [3.8, 4) is 0 Å². The molecule has 0 aliphatic carbocycles. The van der Waals surface area contributed by atoms with E-state index < -0.39 is 5.41 Å². The van der Waals surface area contributed by atoms with Crippen molar-refractivity contribution >= 4 is 11.8 Å². The Bertz CT molecular complexity index is 884. The van der Waals surface area contributed by atoms with Gasteiger partial charge >= 0.3 is 0 Å². The number of primary amides is 1. The van der Waals surface area contributed by atoms with Crippen molar-refractivity contribution < 1.29 is 9.59 Å². The molecule has 3 rings (SSSR count). The molecule has 0 saturated carbocycles. The lowest BCUT2D eigenvalue weighted by molar-refractivity contribution is -0.136. The van der Waals surface area contributed by atoms with E-state index in [1.807, 2.05) is 36.5 Å². The maximum Gasteiger partial charge on any atom is 0.248 e. The van der Waals surface area contributed by atoms with Crippen molar-refractivity contribution in [1.82, 2.24) is 9.88 Å². The summed E-state index contributed by atoms with van der Waals surface area (Å²) in [7, 11) is 0. The molecule has 1 saturated heterocycles. The van der Waals surface area contributed by atoms with E-state index in [9.17, 15) is 9.59 Å². The molecule has 2 amide bonds. The van der Waals surface area contributed by atoms with Crippen LogP contribution in [-0.2, 0) is 28.9 Å². The van der Waals surface area contributed by atoms with Crippen LogP contribution in [0.15, 0.2) is 60.8 Å². The molecule has 0 unspecified atom stereocenters. The van der Waals surface area contributed by atoms with Crippen molar-refractivity contribution in [2.24, 2.45) is 11.1 Å². The fourth-order valence-corrected chi connectivity index (χ4v) is 4.07. The minimum atomic E-state index is -0.618. The van der Waals surface area contributed by atoms with Gasteiger partial charge in [0.1, 0.15) is 0 Å². The number of nitrogens with zero attached hydrogens (tertiary/aromatic N) is 2. The third-order valence-corrected chi connectivity index (χ3v) is 5.92. The van der Waals surface area contributed by atoms with Crippen LogP contribution in [0.2, 0.25) is 0 Å². The standard InChI is InChI=1S/C24H29N3O2/c1-18(2)22(28)27-15-12-24(13-16-27,23(25)29)17-20-8-4-3-7-19(20)10-11-21-9-5-6-14-26-21/h3-9,14H,1,10-13,15-17H2,2H3,(H2,25,29). The minimum Gasteiger partial charge on any atom is -0.369 e. The zero-order valence-electron chi connectivity index (χ0n) is 17.1. The Balaban J connectivity index is 1.74. The van der Waals surface area contributed by atoms with E-state index in [1.54, 1.807) is 11.8 Å². The Labute approximate surface area is 172 Å². The molecule has 0 atom stereocenters. The van der Waals surface area contributed by atoms with E-state index in [4.69, 9.17) is 5.73 Å². The number of likely N-dealkylation sites (tertiary alicyclic amines) is 1. The Kier molecular flexibility index (Phi) is 6.47. The fourth-order valence-electron chi connectivity index (χ4n) is 4.07. The number of aryl methyl sites for hydroxylation is 2. The molecule has 152 valence electrons. The second-order valence-electron chi connectivity index (χ2n) is 7.98. The second-order valence-corrected chi connectivity index (χ2v) is 7.98. The molecule has 0 radical (unpaired) electrons. The average Bonchev–Trinajstić information content (AvgIpc) is 2.73. The number of rotatable bonds is 7. The molecule has 1 aliphatic rings. The molecular weight excluding hydrogens is 362 g/mol. The van der Waals surface area contributed by atoms with Crippen LogP contribution in [0.25, 0.3) is 0 Å². The topological polar surface area (TPSA) is 76.3 Å². The molecule has 1 aliphatic heterocycles. The first kappa shape index (κ1) is 20.8.